The van der Waals surface area contributed by atoms with E-state index in [1.165, 1.54) is 0 Å². The van der Waals surface area contributed by atoms with Gasteiger partial charge in [-0.15, -0.1) is 0 Å². The van der Waals surface area contributed by atoms with Crippen LogP contribution in [0.2, 0.25) is 5.02 Å². The monoisotopic (exact) mass is 280 g/mol. The number of amides is 2. The fourth-order valence-corrected chi connectivity index (χ4v) is 2.67. The first-order valence-corrected chi connectivity index (χ1v) is 6.80. The molecule has 2 atom stereocenters. The normalized spacial score (nSPS) is 22.8. The first kappa shape index (κ1) is 13.9. The Hall–Kier alpha value is -1.55. The summed E-state index contributed by atoms with van der Waals surface area (Å²) in [6, 6.07) is 7.11. The Morgan fingerprint density at radius 2 is 1.89 bits per heavy atom. The number of halogens is 1. The average Bonchev–Trinajstić information content (AvgIpc) is 2.41. The third kappa shape index (κ3) is 3.47. The Labute approximate surface area is 117 Å². The number of hydrogen-bond acceptors (Lipinski definition) is 2. The van der Waals surface area contributed by atoms with Crippen LogP contribution in [0.3, 0.4) is 0 Å². The minimum Gasteiger partial charge on any atom is -0.369 e. The molecule has 3 N–H and O–H groups in total. The third-order valence-corrected chi connectivity index (χ3v) is 3.91. The van der Waals surface area contributed by atoms with Crippen LogP contribution in [0.15, 0.2) is 24.3 Å². The van der Waals surface area contributed by atoms with Crippen LogP contribution in [0.1, 0.15) is 25.7 Å². The maximum atomic E-state index is 12.2. The highest BCUT2D eigenvalue weighted by Crippen LogP contribution is 2.30. The number of para-hydroxylation sites is 1. The third-order valence-electron chi connectivity index (χ3n) is 3.58. The number of anilines is 1. The lowest BCUT2D eigenvalue weighted by molar-refractivity contribution is -0.125. The molecule has 0 radical (unpaired) electrons. The van der Waals surface area contributed by atoms with E-state index in [4.69, 9.17) is 17.3 Å². The standard InChI is InChI=1S/C14H17ClN2O2/c15-11-6-1-2-7-12(11)17-14(19)10-5-3-4-9(8-10)13(16)18/h1-2,6-7,9-10H,3-5,8H2,(H2,16,18)(H,17,19). The second-order valence-corrected chi connectivity index (χ2v) is 5.34. The number of rotatable bonds is 3. The van der Waals surface area contributed by atoms with Gasteiger partial charge < -0.3 is 11.1 Å². The van der Waals surface area contributed by atoms with E-state index >= 15 is 0 Å². The van der Waals surface area contributed by atoms with E-state index in [9.17, 15) is 9.59 Å². The van der Waals surface area contributed by atoms with Crippen molar-refractivity contribution in [3.05, 3.63) is 29.3 Å². The Morgan fingerprint density at radius 3 is 2.58 bits per heavy atom. The Bertz CT molecular complexity index is 490. The van der Waals surface area contributed by atoms with Gasteiger partial charge in [0, 0.05) is 11.8 Å². The van der Waals surface area contributed by atoms with Gasteiger partial charge in [-0.1, -0.05) is 30.2 Å². The van der Waals surface area contributed by atoms with Crippen LogP contribution >= 0.6 is 11.6 Å². The van der Waals surface area contributed by atoms with Gasteiger partial charge >= 0.3 is 0 Å². The molecular formula is C14H17ClN2O2. The molecule has 2 rings (SSSR count). The predicted octanol–water partition coefficient (Wildman–Crippen LogP) is 2.57. The molecule has 1 aromatic carbocycles. The molecule has 0 bridgehead atoms. The van der Waals surface area contributed by atoms with Gasteiger partial charge in [-0.25, -0.2) is 0 Å². The van der Waals surface area contributed by atoms with Crippen LogP contribution in [0, 0.1) is 11.8 Å². The SMILES string of the molecule is NC(=O)C1CCCC(C(=O)Nc2ccccc2Cl)C1. The summed E-state index contributed by atoms with van der Waals surface area (Å²) >= 11 is 6.00. The smallest absolute Gasteiger partial charge is 0.227 e. The molecule has 0 aliphatic heterocycles. The van der Waals surface area contributed by atoms with E-state index in [2.05, 4.69) is 5.32 Å². The van der Waals surface area contributed by atoms with Crippen molar-refractivity contribution < 1.29 is 9.59 Å². The summed E-state index contributed by atoms with van der Waals surface area (Å²) in [5.74, 6) is -0.743. The number of benzene rings is 1. The topological polar surface area (TPSA) is 72.2 Å². The fourth-order valence-electron chi connectivity index (χ4n) is 2.48. The van der Waals surface area contributed by atoms with Crippen molar-refractivity contribution in [1.29, 1.82) is 0 Å². The lowest BCUT2D eigenvalue weighted by Gasteiger charge is -2.26. The summed E-state index contributed by atoms with van der Waals surface area (Å²) in [6.45, 7) is 0. The Kier molecular flexibility index (Phi) is 4.43. The highest BCUT2D eigenvalue weighted by molar-refractivity contribution is 6.33. The molecule has 0 saturated heterocycles. The van der Waals surface area contributed by atoms with Crippen molar-refractivity contribution in [2.24, 2.45) is 17.6 Å². The quantitative estimate of drug-likeness (QED) is 0.893. The molecule has 1 aromatic rings. The van der Waals surface area contributed by atoms with Crippen LogP contribution in [0.4, 0.5) is 5.69 Å². The number of hydrogen-bond donors (Lipinski definition) is 2. The first-order valence-electron chi connectivity index (χ1n) is 6.42. The van der Waals surface area contributed by atoms with Gasteiger partial charge in [0.25, 0.3) is 0 Å². The van der Waals surface area contributed by atoms with Crippen molar-refractivity contribution in [3.8, 4) is 0 Å². The molecule has 2 unspecified atom stereocenters. The number of carbonyl (C=O) groups is 2. The highest BCUT2D eigenvalue weighted by atomic mass is 35.5. The molecule has 5 heteroatoms. The van der Waals surface area contributed by atoms with Gasteiger partial charge in [0.1, 0.15) is 0 Å². The first-order chi connectivity index (χ1) is 9.08. The number of nitrogens with one attached hydrogen (secondary N) is 1. The van der Waals surface area contributed by atoms with Gasteiger partial charge in [0.15, 0.2) is 0 Å². The van der Waals surface area contributed by atoms with E-state index in [1.54, 1.807) is 12.1 Å². The Balaban J connectivity index is 2.00. The van der Waals surface area contributed by atoms with Crippen molar-refractivity contribution in [2.75, 3.05) is 5.32 Å². The lowest BCUT2D eigenvalue weighted by atomic mass is 9.80. The summed E-state index contributed by atoms with van der Waals surface area (Å²) in [5.41, 5.74) is 5.92. The molecule has 19 heavy (non-hydrogen) atoms. The Morgan fingerprint density at radius 1 is 1.21 bits per heavy atom. The van der Waals surface area contributed by atoms with E-state index in [1.807, 2.05) is 12.1 Å². The zero-order valence-corrected chi connectivity index (χ0v) is 11.3. The maximum Gasteiger partial charge on any atom is 0.227 e. The molecule has 0 aromatic heterocycles. The fraction of sp³-hybridized carbons (Fsp3) is 0.429. The molecule has 4 nitrogen and oxygen atoms in total. The molecular weight excluding hydrogens is 264 g/mol. The van der Waals surface area contributed by atoms with Crippen LogP contribution in [0.25, 0.3) is 0 Å². The van der Waals surface area contributed by atoms with Gasteiger partial charge in [0.2, 0.25) is 11.8 Å². The highest BCUT2D eigenvalue weighted by Gasteiger charge is 2.30. The predicted molar refractivity (Wildman–Crippen MR) is 74.7 cm³/mol. The van der Waals surface area contributed by atoms with Gasteiger partial charge in [-0.2, -0.15) is 0 Å². The van der Waals surface area contributed by atoms with Gasteiger partial charge in [-0.05, 0) is 31.4 Å². The van der Waals surface area contributed by atoms with Crippen molar-refractivity contribution in [2.45, 2.75) is 25.7 Å². The molecule has 102 valence electrons. The molecule has 1 aliphatic carbocycles. The summed E-state index contributed by atoms with van der Waals surface area (Å²) in [5, 5.41) is 3.33. The number of carbonyl (C=O) groups excluding carboxylic acids is 2. The van der Waals surface area contributed by atoms with E-state index in [-0.39, 0.29) is 23.7 Å². The van der Waals surface area contributed by atoms with Crippen LogP contribution < -0.4 is 11.1 Å². The van der Waals surface area contributed by atoms with Crippen molar-refractivity contribution >= 4 is 29.1 Å². The van der Waals surface area contributed by atoms with E-state index < -0.39 is 0 Å². The number of nitrogens with two attached hydrogens (primary N) is 1. The van der Waals surface area contributed by atoms with Crippen LogP contribution in [-0.2, 0) is 9.59 Å². The van der Waals surface area contributed by atoms with Crippen molar-refractivity contribution in [3.63, 3.8) is 0 Å². The van der Waals surface area contributed by atoms with Crippen molar-refractivity contribution in [1.82, 2.24) is 0 Å². The van der Waals surface area contributed by atoms with Crippen LogP contribution in [-0.4, -0.2) is 11.8 Å². The van der Waals surface area contributed by atoms with Gasteiger partial charge in [0.05, 0.1) is 10.7 Å². The van der Waals surface area contributed by atoms with Crippen LogP contribution in [0.5, 0.6) is 0 Å². The molecule has 2 amide bonds. The van der Waals surface area contributed by atoms with Gasteiger partial charge in [-0.3, -0.25) is 9.59 Å². The minimum atomic E-state index is -0.310. The average molecular weight is 281 g/mol. The molecule has 1 fully saturated rings. The largest absolute Gasteiger partial charge is 0.369 e. The lowest BCUT2D eigenvalue weighted by Crippen LogP contribution is -2.33. The molecule has 1 aliphatic rings. The zero-order chi connectivity index (χ0) is 13.8. The summed E-state index contributed by atoms with van der Waals surface area (Å²) < 4.78 is 0. The summed E-state index contributed by atoms with van der Waals surface area (Å²) in [7, 11) is 0. The summed E-state index contributed by atoms with van der Waals surface area (Å²) in [4.78, 5) is 23.4. The molecule has 0 spiro atoms. The second-order valence-electron chi connectivity index (χ2n) is 4.93. The maximum absolute atomic E-state index is 12.2. The van der Waals surface area contributed by atoms with E-state index in [0.29, 0.717) is 17.1 Å². The molecule has 0 heterocycles. The summed E-state index contributed by atoms with van der Waals surface area (Å²) in [6.07, 6.45) is 2.96. The second kappa shape index (κ2) is 6.06. The number of primary amides is 1. The minimum absolute atomic E-state index is 0.0842. The zero-order valence-electron chi connectivity index (χ0n) is 10.6. The molecule has 1 saturated carbocycles. The van der Waals surface area contributed by atoms with E-state index in [0.717, 1.165) is 19.3 Å².